The summed E-state index contributed by atoms with van der Waals surface area (Å²) in [5.74, 6) is 1.17. The van der Waals surface area contributed by atoms with Gasteiger partial charge in [0.05, 0.1) is 37.5 Å². The fourth-order valence-corrected chi connectivity index (χ4v) is 3.23. The predicted octanol–water partition coefficient (Wildman–Crippen LogP) is 5.08. The summed E-state index contributed by atoms with van der Waals surface area (Å²) in [6.07, 6.45) is 2.36. The summed E-state index contributed by atoms with van der Waals surface area (Å²) in [7, 11) is 4.82. The summed E-state index contributed by atoms with van der Waals surface area (Å²) >= 11 is 6.34. The number of hydrogen-bond donors (Lipinski definition) is 3. The molecule has 1 heterocycles. The molecule has 3 aromatic rings. The van der Waals surface area contributed by atoms with E-state index >= 15 is 0 Å². The van der Waals surface area contributed by atoms with Crippen LogP contribution in [0.3, 0.4) is 0 Å². The molecule has 0 unspecified atom stereocenters. The summed E-state index contributed by atoms with van der Waals surface area (Å²) in [5.41, 5.74) is 4.52. The van der Waals surface area contributed by atoms with E-state index < -0.39 is 0 Å². The van der Waals surface area contributed by atoms with Gasteiger partial charge in [0.2, 0.25) is 5.95 Å². The van der Waals surface area contributed by atoms with Crippen molar-refractivity contribution in [2.75, 3.05) is 37.2 Å². The first-order chi connectivity index (χ1) is 15.4. The number of carbonyl (C=O) groups excluding carboxylic acids is 1. The molecule has 0 amide bonds. The van der Waals surface area contributed by atoms with Gasteiger partial charge in [0.25, 0.3) is 0 Å². The molecular weight excluding hydrogens is 430 g/mol. The normalized spacial score (nSPS) is 10.4. The molecule has 1 aromatic heterocycles. The number of rotatable bonds is 9. The lowest BCUT2D eigenvalue weighted by Crippen LogP contribution is -2.05. The van der Waals surface area contributed by atoms with Crippen LogP contribution in [0.4, 0.5) is 28.8 Å². The summed E-state index contributed by atoms with van der Waals surface area (Å²) in [4.78, 5) is 20.3. The molecule has 0 fully saturated rings. The molecule has 3 rings (SSSR count). The van der Waals surface area contributed by atoms with E-state index in [4.69, 9.17) is 21.1 Å². The third-order valence-corrected chi connectivity index (χ3v) is 5.07. The van der Waals surface area contributed by atoms with Gasteiger partial charge in [-0.05, 0) is 48.7 Å². The van der Waals surface area contributed by atoms with E-state index in [2.05, 4.69) is 25.9 Å². The number of carbonyl (C=O) groups is 1. The molecule has 0 radical (unpaired) electrons. The van der Waals surface area contributed by atoms with Gasteiger partial charge in [0.1, 0.15) is 10.8 Å². The monoisotopic (exact) mass is 455 g/mol. The average Bonchev–Trinajstić information content (AvgIpc) is 2.80. The molecule has 2 aromatic carbocycles. The molecule has 168 valence electrons. The minimum Gasteiger partial charge on any atom is -0.495 e. The maximum absolute atomic E-state index is 11.5. The highest BCUT2D eigenvalue weighted by Gasteiger charge is 2.12. The molecule has 0 bridgehead atoms. The smallest absolute Gasteiger partial charge is 0.305 e. The summed E-state index contributed by atoms with van der Waals surface area (Å²) in [6, 6.07) is 11.6. The summed E-state index contributed by atoms with van der Waals surface area (Å²) in [6.45, 7) is 2.02. The summed E-state index contributed by atoms with van der Waals surface area (Å²) in [5, 5.41) is 9.98. The molecule has 0 saturated carbocycles. The first-order valence-corrected chi connectivity index (χ1v) is 10.4. The van der Waals surface area contributed by atoms with Gasteiger partial charge >= 0.3 is 5.97 Å². The van der Waals surface area contributed by atoms with Gasteiger partial charge in [-0.1, -0.05) is 23.7 Å². The number of benzene rings is 2. The third-order valence-electron chi connectivity index (χ3n) is 4.80. The Bertz CT molecular complexity index is 1110. The molecule has 3 N–H and O–H groups in total. The van der Waals surface area contributed by atoms with Gasteiger partial charge in [-0.15, -0.1) is 0 Å². The van der Waals surface area contributed by atoms with Crippen LogP contribution in [-0.2, 0) is 16.0 Å². The van der Waals surface area contributed by atoms with E-state index in [-0.39, 0.29) is 12.4 Å². The lowest BCUT2D eigenvalue weighted by molar-refractivity contribution is -0.140. The van der Waals surface area contributed by atoms with Crippen molar-refractivity contribution in [3.05, 3.63) is 58.7 Å². The zero-order valence-corrected chi connectivity index (χ0v) is 19.2. The summed E-state index contributed by atoms with van der Waals surface area (Å²) < 4.78 is 10.2. The van der Waals surface area contributed by atoms with Crippen LogP contribution in [0.1, 0.15) is 17.5 Å². The second-order valence-electron chi connectivity index (χ2n) is 7.05. The average molecular weight is 456 g/mol. The number of ether oxygens (including phenoxy) is 2. The van der Waals surface area contributed by atoms with Crippen molar-refractivity contribution >= 4 is 46.4 Å². The highest BCUT2D eigenvalue weighted by Crippen LogP contribution is 2.32. The van der Waals surface area contributed by atoms with Crippen molar-refractivity contribution in [2.24, 2.45) is 0 Å². The molecular formula is C23H26ClN5O3. The predicted molar refractivity (Wildman–Crippen MR) is 128 cm³/mol. The fourth-order valence-electron chi connectivity index (χ4n) is 3.09. The van der Waals surface area contributed by atoms with Gasteiger partial charge in [-0.3, -0.25) is 4.79 Å². The number of aryl methyl sites for hydroxylation is 2. The highest BCUT2D eigenvalue weighted by molar-refractivity contribution is 6.33. The number of nitrogens with one attached hydrogen (secondary N) is 3. The maximum atomic E-state index is 11.5. The lowest BCUT2D eigenvalue weighted by atomic mass is 10.1. The highest BCUT2D eigenvalue weighted by atomic mass is 35.5. The fraction of sp³-hybridized carbons (Fsp3) is 0.261. The Labute approximate surface area is 192 Å². The van der Waals surface area contributed by atoms with Crippen LogP contribution >= 0.6 is 11.6 Å². The Balaban J connectivity index is 1.84. The van der Waals surface area contributed by atoms with Crippen molar-refractivity contribution in [1.82, 2.24) is 9.97 Å². The Morgan fingerprint density at radius 2 is 1.88 bits per heavy atom. The van der Waals surface area contributed by atoms with E-state index in [0.717, 1.165) is 22.5 Å². The molecule has 0 aliphatic rings. The van der Waals surface area contributed by atoms with Crippen molar-refractivity contribution in [1.29, 1.82) is 0 Å². The molecule has 9 heteroatoms. The number of nitrogens with zero attached hydrogens (tertiary/aromatic N) is 2. The molecule has 0 aliphatic heterocycles. The zero-order valence-electron chi connectivity index (χ0n) is 18.5. The topological polar surface area (TPSA) is 97.4 Å². The number of anilines is 5. The van der Waals surface area contributed by atoms with Gasteiger partial charge in [0.15, 0.2) is 5.82 Å². The van der Waals surface area contributed by atoms with Gasteiger partial charge < -0.3 is 25.4 Å². The van der Waals surface area contributed by atoms with Crippen LogP contribution < -0.4 is 20.7 Å². The Morgan fingerprint density at radius 1 is 1.06 bits per heavy atom. The third kappa shape index (κ3) is 5.79. The van der Waals surface area contributed by atoms with E-state index in [1.165, 1.54) is 13.3 Å². The Hall–Kier alpha value is -3.52. The van der Waals surface area contributed by atoms with Crippen molar-refractivity contribution in [3.63, 3.8) is 0 Å². The zero-order chi connectivity index (χ0) is 23.1. The molecule has 32 heavy (non-hydrogen) atoms. The van der Waals surface area contributed by atoms with E-state index in [1.54, 1.807) is 7.11 Å². The Morgan fingerprint density at radius 3 is 2.59 bits per heavy atom. The quantitative estimate of drug-likeness (QED) is 0.384. The van der Waals surface area contributed by atoms with Crippen molar-refractivity contribution < 1.29 is 14.3 Å². The van der Waals surface area contributed by atoms with Gasteiger partial charge in [-0.25, -0.2) is 4.98 Å². The maximum Gasteiger partial charge on any atom is 0.305 e. The molecule has 0 saturated heterocycles. The molecule has 0 spiro atoms. The van der Waals surface area contributed by atoms with Crippen LogP contribution in [0.2, 0.25) is 5.02 Å². The lowest BCUT2D eigenvalue weighted by Gasteiger charge is -2.15. The molecule has 0 atom stereocenters. The first kappa shape index (κ1) is 23.1. The minimum absolute atomic E-state index is 0.260. The van der Waals surface area contributed by atoms with Crippen LogP contribution in [-0.4, -0.2) is 37.2 Å². The second-order valence-corrected chi connectivity index (χ2v) is 7.46. The number of esters is 1. The van der Waals surface area contributed by atoms with E-state index in [9.17, 15) is 4.79 Å². The van der Waals surface area contributed by atoms with Gasteiger partial charge in [-0.2, -0.15) is 4.98 Å². The van der Waals surface area contributed by atoms with Crippen LogP contribution in [0.15, 0.2) is 42.6 Å². The number of hydrogen-bond acceptors (Lipinski definition) is 8. The van der Waals surface area contributed by atoms with E-state index in [1.807, 2.05) is 50.4 Å². The SMILES string of the molecule is CNc1cc(C)ccc1Nc1nc(Nc2cc(CCC(=O)OC)ccc2OC)ncc1Cl. The molecule has 8 nitrogen and oxygen atoms in total. The molecule has 0 aliphatic carbocycles. The van der Waals surface area contributed by atoms with Crippen LogP contribution in [0.25, 0.3) is 0 Å². The number of halogens is 1. The number of aromatic nitrogens is 2. The van der Waals surface area contributed by atoms with Crippen molar-refractivity contribution in [3.8, 4) is 5.75 Å². The van der Waals surface area contributed by atoms with Crippen LogP contribution in [0, 0.1) is 6.92 Å². The van der Waals surface area contributed by atoms with Crippen molar-refractivity contribution in [2.45, 2.75) is 19.8 Å². The minimum atomic E-state index is -0.260. The van der Waals surface area contributed by atoms with Gasteiger partial charge in [0, 0.05) is 13.5 Å². The largest absolute Gasteiger partial charge is 0.495 e. The first-order valence-electron chi connectivity index (χ1n) is 10.0. The van der Waals surface area contributed by atoms with Crippen LogP contribution in [0.5, 0.6) is 5.75 Å². The second kappa shape index (κ2) is 10.7. The standard InChI is InChI=1S/C23H26ClN5O3/c1-14-5-8-17(18(11-14)25-2)27-22-16(24)13-26-23(29-22)28-19-12-15(6-9-20(19)31-3)7-10-21(30)32-4/h5-6,8-9,11-13,25H,7,10H2,1-4H3,(H2,26,27,28,29). The Kier molecular flexibility index (Phi) is 7.72. The van der Waals surface area contributed by atoms with E-state index in [0.29, 0.717) is 34.6 Å². The number of methoxy groups -OCH3 is 2.